The Morgan fingerprint density at radius 2 is 1.76 bits per heavy atom. The Balaban J connectivity index is 0.000000774. The minimum Gasteiger partial charge on any atom is -0.270 e. The van der Waals surface area contributed by atoms with E-state index in [4.69, 9.17) is 12.2 Å². The van der Waals surface area contributed by atoms with Crippen molar-refractivity contribution >= 4 is 23.1 Å². The number of H-pyrrole nitrogens is 1. The van der Waals surface area contributed by atoms with Gasteiger partial charge in [-0.2, -0.15) is 5.10 Å². The second-order valence-corrected chi connectivity index (χ2v) is 5.05. The molecule has 0 aliphatic rings. The zero-order valence-electron chi connectivity index (χ0n) is 13.1. The van der Waals surface area contributed by atoms with Gasteiger partial charge in [0.2, 0.25) is 0 Å². The second-order valence-electron chi connectivity index (χ2n) is 4.66. The lowest BCUT2D eigenvalue weighted by molar-refractivity contribution is 0.965. The van der Waals surface area contributed by atoms with Crippen LogP contribution in [-0.4, -0.2) is 19.7 Å². The van der Waals surface area contributed by atoms with Crippen LogP contribution in [0.25, 0.3) is 16.6 Å². The molecule has 21 heavy (non-hydrogen) atoms. The molecule has 0 amide bonds. The zero-order chi connectivity index (χ0) is 15.6. The molecule has 0 saturated heterocycles. The third-order valence-corrected chi connectivity index (χ3v) is 3.55. The first-order chi connectivity index (χ1) is 10.1. The average Bonchev–Trinajstić information content (AvgIpc) is 2.81. The molecule has 3 rings (SSSR count). The number of aromatic nitrogens is 4. The molecule has 3 aromatic rings. The molecule has 0 spiro atoms. The van der Waals surface area contributed by atoms with Gasteiger partial charge in [0.15, 0.2) is 4.77 Å². The third kappa shape index (κ3) is 2.74. The molecule has 4 nitrogen and oxygen atoms in total. The fourth-order valence-electron chi connectivity index (χ4n) is 2.28. The van der Waals surface area contributed by atoms with Crippen LogP contribution in [0.2, 0.25) is 0 Å². The number of aryl methyl sites for hydroxylation is 3. The molecular formula is C16H20N4S. The summed E-state index contributed by atoms with van der Waals surface area (Å²) in [5, 5.41) is 8.12. The molecule has 2 heterocycles. The quantitative estimate of drug-likeness (QED) is 0.676. The molecule has 0 aliphatic heterocycles. The van der Waals surface area contributed by atoms with Gasteiger partial charge >= 0.3 is 0 Å². The summed E-state index contributed by atoms with van der Waals surface area (Å²) < 4.78 is 2.51. The van der Waals surface area contributed by atoms with E-state index < -0.39 is 0 Å². The Hall–Kier alpha value is -2.01. The van der Waals surface area contributed by atoms with Gasteiger partial charge in [0.25, 0.3) is 0 Å². The Kier molecular flexibility index (Phi) is 4.53. The van der Waals surface area contributed by atoms with Gasteiger partial charge in [0, 0.05) is 11.1 Å². The maximum atomic E-state index is 5.30. The molecule has 1 N–H and O–H groups in total. The molecule has 2 aromatic heterocycles. The van der Waals surface area contributed by atoms with E-state index >= 15 is 0 Å². The predicted molar refractivity (Wildman–Crippen MR) is 89.6 cm³/mol. The van der Waals surface area contributed by atoms with Crippen molar-refractivity contribution in [3.63, 3.8) is 0 Å². The van der Waals surface area contributed by atoms with Gasteiger partial charge in [-0.3, -0.25) is 14.6 Å². The first-order valence-electron chi connectivity index (χ1n) is 7.09. The summed E-state index contributed by atoms with van der Waals surface area (Å²) in [4.78, 5) is 4.67. The highest BCUT2D eigenvalue weighted by molar-refractivity contribution is 7.71. The smallest absolute Gasteiger partial charge is 0.199 e. The van der Waals surface area contributed by atoms with Crippen LogP contribution in [0.1, 0.15) is 30.9 Å². The first-order valence-corrected chi connectivity index (χ1v) is 7.50. The van der Waals surface area contributed by atoms with Gasteiger partial charge in [-0.05, 0) is 50.7 Å². The Morgan fingerprint density at radius 1 is 1.05 bits per heavy atom. The van der Waals surface area contributed by atoms with Gasteiger partial charge in [-0.25, -0.2) is 0 Å². The van der Waals surface area contributed by atoms with E-state index in [0.717, 1.165) is 28.1 Å². The van der Waals surface area contributed by atoms with E-state index in [2.05, 4.69) is 34.2 Å². The molecule has 0 unspecified atom stereocenters. The largest absolute Gasteiger partial charge is 0.270 e. The van der Waals surface area contributed by atoms with E-state index in [1.165, 1.54) is 5.56 Å². The second kappa shape index (κ2) is 6.18. The molecule has 0 fully saturated rings. The SMILES string of the molecule is CC.Cc1ccc2c(C)ccc(-n3c(C)n[nH]c3=S)c2n1. The molecule has 0 atom stereocenters. The van der Waals surface area contributed by atoms with E-state index in [9.17, 15) is 0 Å². The summed E-state index contributed by atoms with van der Waals surface area (Å²) in [6.45, 7) is 10.0. The molecule has 110 valence electrons. The van der Waals surface area contributed by atoms with Crippen LogP contribution >= 0.6 is 12.2 Å². The number of fused-ring (bicyclic) bond motifs is 1. The highest BCUT2D eigenvalue weighted by Gasteiger charge is 2.10. The van der Waals surface area contributed by atoms with Crippen molar-refractivity contribution < 1.29 is 0 Å². The number of nitrogens with one attached hydrogen (secondary N) is 1. The topological polar surface area (TPSA) is 46.5 Å². The van der Waals surface area contributed by atoms with Gasteiger partial charge in [0.05, 0.1) is 11.2 Å². The van der Waals surface area contributed by atoms with Gasteiger partial charge in [-0.1, -0.05) is 26.0 Å². The number of hydrogen-bond acceptors (Lipinski definition) is 3. The van der Waals surface area contributed by atoms with Crippen LogP contribution in [0.3, 0.4) is 0 Å². The van der Waals surface area contributed by atoms with Crippen LogP contribution in [0, 0.1) is 25.5 Å². The van der Waals surface area contributed by atoms with Crippen LogP contribution in [0.5, 0.6) is 0 Å². The maximum Gasteiger partial charge on any atom is 0.199 e. The average molecular weight is 300 g/mol. The van der Waals surface area contributed by atoms with E-state index in [-0.39, 0.29) is 0 Å². The van der Waals surface area contributed by atoms with Crippen LogP contribution in [0.4, 0.5) is 0 Å². The Labute approximate surface area is 129 Å². The molecular weight excluding hydrogens is 280 g/mol. The summed E-state index contributed by atoms with van der Waals surface area (Å²) >= 11 is 5.30. The lowest BCUT2D eigenvalue weighted by Gasteiger charge is -2.10. The zero-order valence-corrected chi connectivity index (χ0v) is 13.9. The number of hydrogen-bond donors (Lipinski definition) is 1. The Morgan fingerprint density at radius 3 is 2.38 bits per heavy atom. The van der Waals surface area contributed by atoms with Crippen molar-refractivity contribution in [2.75, 3.05) is 0 Å². The summed E-state index contributed by atoms with van der Waals surface area (Å²) in [6, 6.07) is 8.27. The van der Waals surface area contributed by atoms with Crippen LogP contribution in [-0.2, 0) is 0 Å². The lowest BCUT2D eigenvalue weighted by atomic mass is 10.1. The minimum atomic E-state index is 0.589. The predicted octanol–water partition coefficient (Wildman–Crippen LogP) is 4.43. The minimum absolute atomic E-state index is 0.589. The van der Waals surface area contributed by atoms with Crippen molar-refractivity contribution in [2.24, 2.45) is 0 Å². The summed E-state index contributed by atoms with van der Waals surface area (Å²) in [7, 11) is 0. The van der Waals surface area contributed by atoms with E-state index in [0.29, 0.717) is 4.77 Å². The molecule has 0 saturated carbocycles. The highest BCUT2D eigenvalue weighted by atomic mass is 32.1. The molecule has 0 aliphatic carbocycles. The standard InChI is InChI=1S/C14H14N4S.C2H6/c1-8-4-7-12(18-10(3)16-17-14(18)19)13-11(8)6-5-9(2)15-13;1-2/h4-7H,1-3H3,(H,17,19);1-2H3. The third-order valence-electron chi connectivity index (χ3n) is 3.27. The number of rotatable bonds is 1. The monoisotopic (exact) mass is 300 g/mol. The molecule has 0 bridgehead atoms. The fraction of sp³-hybridized carbons (Fsp3) is 0.312. The van der Waals surface area contributed by atoms with Crippen molar-refractivity contribution in [1.29, 1.82) is 0 Å². The molecule has 5 heteroatoms. The van der Waals surface area contributed by atoms with Crippen molar-refractivity contribution in [3.05, 3.63) is 46.1 Å². The number of benzene rings is 1. The molecule has 0 radical (unpaired) electrons. The summed E-state index contributed by atoms with van der Waals surface area (Å²) in [6.07, 6.45) is 0. The molecule has 1 aromatic carbocycles. The number of pyridine rings is 1. The summed E-state index contributed by atoms with van der Waals surface area (Å²) in [5.74, 6) is 0.832. The fourth-order valence-corrected chi connectivity index (χ4v) is 2.56. The van der Waals surface area contributed by atoms with Crippen molar-refractivity contribution in [3.8, 4) is 5.69 Å². The van der Waals surface area contributed by atoms with Crippen molar-refractivity contribution in [2.45, 2.75) is 34.6 Å². The van der Waals surface area contributed by atoms with Gasteiger partial charge in [0.1, 0.15) is 5.82 Å². The maximum absolute atomic E-state index is 5.30. The normalized spacial score (nSPS) is 10.3. The first kappa shape index (κ1) is 15.4. The number of nitrogens with zero attached hydrogens (tertiary/aromatic N) is 3. The van der Waals surface area contributed by atoms with Crippen molar-refractivity contribution in [1.82, 2.24) is 19.7 Å². The number of aromatic amines is 1. The summed E-state index contributed by atoms with van der Waals surface area (Å²) in [5.41, 5.74) is 4.13. The van der Waals surface area contributed by atoms with Crippen LogP contribution < -0.4 is 0 Å². The van der Waals surface area contributed by atoms with E-state index in [1.807, 2.05) is 44.4 Å². The van der Waals surface area contributed by atoms with Crippen LogP contribution in [0.15, 0.2) is 24.3 Å². The van der Waals surface area contributed by atoms with Gasteiger partial charge < -0.3 is 0 Å². The van der Waals surface area contributed by atoms with E-state index in [1.54, 1.807) is 0 Å². The lowest BCUT2D eigenvalue weighted by Crippen LogP contribution is -2.00. The van der Waals surface area contributed by atoms with Gasteiger partial charge in [-0.15, -0.1) is 0 Å². The highest BCUT2D eigenvalue weighted by Crippen LogP contribution is 2.25. The Bertz CT molecular complexity index is 830.